The molecule has 3 heterocycles. The number of pyridine rings is 1. The molecule has 232 valence electrons. The van der Waals surface area contributed by atoms with Gasteiger partial charge in [-0.2, -0.15) is 18.2 Å². The number of alkyl halides is 3. The quantitative estimate of drug-likeness (QED) is 0.422. The van der Waals surface area contributed by atoms with Crippen molar-refractivity contribution in [1.29, 1.82) is 0 Å². The minimum Gasteiger partial charge on any atom is -0.476 e. The predicted molar refractivity (Wildman–Crippen MR) is 158 cm³/mol. The van der Waals surface area contributed by atoms with Gasteiger partial charge in [0.1, 0.15) is 12.4 Å². The molecule has 43 heavy (non-hydrogen) atoms. The highest BCUT2D eigenvalue weighted by atomic mass is 19.4. The first kappa shape index (κ1) is 31.0. The Morgan fingerprint density at radius 3 is 2.42 bits per heavy atom. The summed E-state index contributed by atoms with van der Waals surface area (Å²) in [7, 11) is 0. The molecular formula is C32H40F3N5O3. The number of piperidine rings is 1. The zero-order chi connectivity index (χ0) is 30.6. The van der Waals surface area contributed by atoms with Gasteiger partial charge < -0.3 is 15.0 Å². The number of benzene rings is 1. The van der Waals surface area contributed by atoms with Gasteiger partial charge in [-0.3, -0.25) is 14.5 Å². The standard InChI is InChI=1S/C32H40F3N5O3/c1-21(2)37-30(41)23-8-12-26(13-9-23)40-27-19-29(43-17-16-39-14-4-3-5-15-39)36-20-24(27)18-28(40)38-31(42)22-6-10-25(11-7-22)32(33,34)35/h6-7,10-11,19-21,23,26H,3-5,8-9,12-18H2,1-2H3,(H,37,41). The fourth-order valence-corrected chi connectivity index (χ4v) is 6.23. The van der Waals surface area contributed by atoms with Gasteiger partial charge >= 0.3 is 6.18 Å². The summed E-state index contributed by atoms with van der Waals surface area (Å²) in [4.78, 5) is 39.2. The molecule has 1 N–H and O–H groups in total. The summed E-state index contributed by atoms with van der Waals surface area (Å²) in [6.45, 7) is 7.41. The molecule has 0 radical (unpaired) electrons. The van der Waals surface area contributed by atoms with Crippen LogP contribution in [-0.2, 0) is 17.4 Å². The van der Waals surface area contributed by atoms with Crippen LogP contribution in [-0.4, -0.2) is 65.9 Å². The van der Waals surface area contributed by atoms with E-state index in [2.05, 4.69) is 25.1 Å². The summed E-state index contributed by atoms with van der Waals surface area (Å²) in [5.74, 6) is 0.428. The number of halogens is 3. The van der Waals surface area contributed by atoms with Crippen molar-refractivity contribution in [3.05, 3.63) is 53.2 Å². The largest absolute Gasteiger partial charge is 0.476 e. The summed E-state index contributed by atoms with van der Waals surface area (Å²) in [6.07, 6.45) is 4.22. The van der Waals surface area contributed by atoms with E-state index in [1.165, 1.54) is 19.3 Å². The molecule has 0 atom stereocenters. The molecule has 0 spiro atoms. The zero-order valence-corrected chi connectivity index (χ0v) is 24.8. The van der Waals surface area contributed by atoms with Crippen LogP contribution in [0.5, 0.6) is 5.88 Å². The van der Waals surface area contributed by atoms with Gasteiger partial charge in [0.2, 0.25) is 11.8 Å². The van der Waals surface area contributed by atoms with Crippen molar-refractivity contribution in [2.45, 2.75) is 83.5 Å². The van der Waals surface area contributed by atoms with Crippen molar-refractivity contribution >= 4 is 23.3 Å². The van der Waals surface area contributed by atoms with Crippen molar-refractivity contribution in [2.75, 3.05) is 31.1 Å². The van der Waals surface area contributed by atoms with Crippen molar-refractivity contribution in [3.8, 4) is 5.88 Å². The highest BCUT2D eigenvalue weighted by molar-refractivity contribution is 6.12. The van der Waals surface area contributed by atoms with Gasteiger partial charge in [0.05, 0.1) is 11.3 Å². The van der Waals surface area contributed by atoms with E-state index in [-0.39, 0.29) is 29.5 Å². The molecule has 2 fully saturated rings. The van der Waals surface area contributed by atoms with Crippen molar-refractivity contribution in [2.24, 2.45) is 10.9 Å². The molecule has 1 saturated carbocycles. The minimum atomic E-state index is -4.48. The molecule has 3 aliphatic rings. The number of nitrogens with one attached hydrogen (secondary N) is 1. The second kappa shape index (κ2) is 13.4. The Kier molecular flexibility index (Phi) is 9.68. The molecule has 1 aliphatic carbocycles. The number of aliphatic imine (C=N–C) groups is 1. The number of hydrogen-bond acceptors (Lipinski definition) is 5. The van der Waals surface area contributed by atoms with Gasteiger partial charge in [0.15, 0.2) is 0 Å². The number of carbonyl (C=O) groups excluding carboxylic acids is 2. The number of amidine groups is 1. The number of ether oxygens (including phenoxy) is 1. The van der Waals surface area contributed by atoms with E-state index in [1.807, 2.05) is 19.9 Å². The van der Waals surface area contributed by atoms with Gasteiger partial charge in [-0.15, -0.1) is 0 Å². The molecule has 2 amide bonds. The van der Waals surface area contributed by atoms with E-state index in [9.17, 15) is 22.8 Å². The number of amides is 2. The van der Waals surface area contributed by atoms with Gasteiger partial charge in [0.25, 0.3) is 5.91 Å². The lowest BCUT2D eigenvalue weighted by molar-refractivity contribution is -0.137. The van der Waals surface area contributed by atoms with Gasteiger partial charge in [-0.05, 0) is 89.7 Å². The number of anilines is 1. The van der Waals surface area contributed by atoms with E-state index in [0.717, 1.165) is 68.0 Å². The second-order valence-electron chi connectivity index (χ2n) is 12.0. The molecule has 5 rings (SSSR count). The molecule has 0 bridgehead atoms. The van der Waals surface area contributed by atoms with Gasteiger partial charge in [-0.25, -0.2) is 4.98 Å². The minimum absolute atomic E-state index is 0.00658. The van der Waals surface area contributed by atoms with Crippen LogP contribution in [0, 0.1) is 5.92 Å². The number of rotatable bonds is 8. The highest BCUT2D eigenvalue weighted by Gasteiger charge is 2.37. The average molecular weight is 600 g/mol. The number of likely N-dealkylation sites (tertiary alicyclic amines) is 1. The van der Waals surface area contributed by atoms with Crippen molar-refractivity contribution in [1.82, 2.24) is 15.2 Å². The molecule has 1 aromatic heterocycles. The van der Waals surface area contributed by atoms with Crippen LogP contribution in [0.25, 0.3) is 0 Å². The van der Waals surface area contributed by atoms with E-state index >= 15 is 0 Å². The Morgan fingerprint density at radius 1 is 1.07 bits per heavy atom. The van der Waals surface area contributed by atoms with Crippen LogP contribution in [0.4, 0.5) is 18.9 Å². The lowest BCUT2D eigenvalue weighted by Crippen LogP contribution is -2.44. The van der Waals surface area contributed by atoms with E-state index in [4.69, 9.17) is 4.74 Å². The summed E-state index contributed by atoms with van der Waals surface area (Å²) >= 11 is 0. The summed E-state index contributed by atoms with van der Waals surface area (Å²) in [5.41, 5.74) is 1.05. The Morgan fingerprint density at radius 2 is 1.77 bits per heavy atom. The van der Waals surface area contributed by atoms with Crippen LogP contribution in [0.3, 0.4) is 0 Å². The number of carbonyl (C=O) groups is 2. The summed E-state index contributed by atoms with van der Waals surface area (Å²) < 4.78 is 45.2. The molecule has 8 nitrogen and oxygen atoms in total. The van der Waals surface area contributed by atoms with Gasteiger partial charge in [0, 0.05) is 54.4 Å². The zero-order valence-electron chi connectivity index (χ0n) is 24.8. The van der Waals surface area contributed by atoms with Gasteiger partial charge in [-0.1, -0.05) is 6.42 Å². The predicted octanol–water partition coefficient (Wildman–Crippen LogP) is 5.65. The third-order valence-electron chi connectivity index (χ3n) is 8.48. The fourth-order valence-electron chi connectivity index (χ4n) is 6.23. The topological polar surface area (TPSA) is 87.1 Å². The van der Waals surface area contributed by atoms with E-state index < -0.39 is 17.6 Å². The lowest BCUT2D eigenvalue weighted by atomic mass is 9.84. The Labute approximate surface area is 250 Å². The molecule has 0 unspecified atom stereocenters. The maximum Gasteiger partial charge on any atom is 0.416 e. The van der Waals surface area contributed by atoms with E-state index in [0.29, 0.717) is 37.6 Å². The highest BCUT2D eigenvalue weighted by Crippen LogP contribution is 2.38. The molecular weight excluding hydrogens is 559 g/mol. The number of nitrogens with zero attached hydrogens (tertiary/aromatic N) is 4. The maximum absolute atomic E-state index is 13.2. The third-order valence-corrected chi connectivity index (χ3v) is 8.48. The Bertz CT molecular complexity index is 1310. The monoisotopic (exact) mass is 599 g/mol. The molecule has 2 aromatic rings. The van der Waals surface area contributed by atoms with E-state index in [1.54, 1.807) is 6.20 Å². The smallest absolute Gasteiger partial charge is 0.416 e. The second-order valence-corrected chi connectivity index (χ2v) is 12.0. The van der Waals surface area contributed by atoms with Crippen LogP contribution in [0.1, 0.15) is 80.3 Å². The number of aromatic nitrogens is 1. The van der Waals surface area contributed by atoms with Crippen molar-refractivity contribution < 1.29 is 27.5 Å². The number of hydrogen-bond donors (Lipinski definition) is 1. The van der Waals surface area contributed by atoms with Crippen LogP contribution in [0.2, 0.25) is 0 Å². The normalized spacial score (nSPS) is 22.1. The van der Waals surface area contributed by atoms with Crippen LogP contribution in [0.15, 0.2) is 41.5 Å². The SMILES string of the molecule is CC(C)NC(=O)C1CCC(N2C(=NC(=O)c3ccc(C(F)(F)F)cc3)Cc3cnc(OCCN4CCCCC4)cc32)CC1. The third kappa shape index (κ3) is 7.74. The van der Waals surface area contributed by atoms with Crippen molar-refractivity contribution in [3.63, 3.8) is 0 Å². The first-order valence-corrected chi connectivity index (χ1v) is 15.3. The summed E-state index contributed by atoms with van der Waals surface area (Å²) in [5, 5.41) is 3.01. The average Bonchev–Trinajstić information content (AvgIpc) is 3.34. The lowest BCUT2D eigenvalue weighted by Gasteiger charge is -2.36. The first-order chi connectivity index (χ1) is 20.6. The van der Waals surface area contributed by atoms with Crippen LogP contribution < -0.4 is 15.0 Å². The number of fused-ring (bicyclic) bond motifs is 1. The first-order valence-electron chi connectivity index (χ1n) is 15.3. The Balaban J connectivity index is 1.35. The molecule has 11 heteroatoms. The molecule has 2 aliphatic heterocycles. The Hall–Kier alpha value is -3.47. The van der Waals surface area contributed by atoms with Crippen LogP contribution >= 0.6 is 0 Å². The molecule has 1 saturated heterocycles. The summed E-state index contributed by atoms with van der Waals surface area (Å²) in [6, 6.07) is 6.10. The fraction of sp³-hybridized carbons (Fsp3) is 0.562. The maximum atomic E-state index is 13.2. The molecule has 1 aromatic carbocycles.